The molecule has 0 radical (unpaired) electrons. The minimum absolute atomic E-state index is 0.0425. The minimum atomic E-state index is -0.834. The lowest BCUT2D eigenvalue weighted by Gasteiger charge is -2.16. The van der Waals surface area contributed by atoms with E-state index in [-0.39, 0.29) is 30.8 Å². The molecule has 2 amide bonds. The monoisotopic (exact) mass is 355 g/mol. The zero-order valence-corrected chi connectivity index (χ0v) is 14.3. The highest BCUT2D eigenvalue weighted by Gasteiger charge is 2.46. The Kier molecular flexibility index (Phi) is 4.14. The van der Waals surface area contributed by atoms with Gasteiger partial charge in [-0.1, -0.05) is 18.2 Å². The molecule has 0 unspecified atom stereocenters. The molecule has 1 saturated carbocycles. The van der Waals surface area contributed by atoms with Crippen LogP contribution in [0.2, 0.25) is 0 Å². The molecule has 4 rings (SSSR count). The fourth-order valence-electron chi connectivity index (χ4n) is 3.85. The summed E-state index contributed by atoms with van der Waals surface area (Å²) in [6.07, 6.45) is 2.10. The number of rotatable bonds is 5. The third-order valence-electron chi connectivity index (χ3n) is 5.44. The van der Waals surface area contributed by atoms with Crippen molar-refractivity contribution in [1.82, 2.24) is 15.2 Å². The summed E-state index contributed by atoms with van der Waals surface area (Å²) in [6, 6.07) is 9.30. The van der Waals surface area contributed by atoms with Gasteiger partial charge in [0.1, 0.15) is 5.69 Å². The van der Waals surface area contributed by atoms with Crippen molar-refractivity contribution >= 4 is 28.7 Å². The molecule has 26 heavy (non-hydrogen) atoms. The van der Waals surface area contributed by atoms with Gasteiger partial charge in [0.05, 0.1) is 12.5 Å². The standard InChI is InChI=1S/C19H21N3O4/c23-17(22-9-13(11-5-6-11)14(10-22)19(25)26)8-20-18(24)16-7-12-3-1-2-4-15(12)21-16/h1-4,7,11,13-14,21H,5-6,8-10H2,(H,20,24)(H,25,26)/t13-,14+/m1/s1. The van der Waals surface area contributed by atoms with Gasteiger partial charge in [-0.3, -0.25) is 14.4 Å². The maximum absolute atomic E-state index is 12.4. The van der Waals surface area contributed by atoms with Crippen LogP contribution in [0.5, 0.6) is 0 Å². The molecule has 1 aliphatic heterocycles. The molecule has 2 fully saturated rings. The summed E-state index contributed by atoms with van der Waals surface area (Å²) < 4.78 is 0. The van der Waals surface area contributed by atoms with Crippen LogP contribution in [0.3, 0.4) is 0 Å². The zero-order valence-electron chi connectivity index (χ0n) is 14.3. The van der Waals surface area contributed by atoms with Crippen LogP contribution < -0.4 is 5.32 Å². The Balaban J connectivity index is 1.36. The number of nitrogens with one attached hydrogen (secondary N) is 2. The highest BCUT2D eigenvalue weighted by atomic mass is 16.4. The number of amides is 2. The van der Waals surface area contributed by atoms with Gasteiger partial charge < -0.3 is 20.3 Å². The predicted octanol–water partition coefficient (Wildman–Crippen LogP) is 1.47. The fourth-order valence-corrected chi connectivity index (χ4v) is 3.85. The second kappa shape index (κ2) is 6.48. The Morgan fingerprint density at radius 3 is 2.65 bits per heavy atom. The molecule has 1 aromatic heterocycles. The Hall–Kier alpha value is -2.83. The van der Waals surface area contributed by atoms with Crippen molar-refractivity contribution < 1.29 is 19.5 Å². The molecule has 2 aliphatic rings. The molecule has 7 heteroatoms. The van der Waals surface area contributed by atoms with Crippen molar-refractivity contribution in [3.63, 3.8) is 0 Å². The third-order valence-corrected chi connectivity index (χ3v) is 5.44. The number of carbonyl (C=O) groups excluding carboxylic acids is 2. The molecule has 2 aromatic rings. The molecule has 7 nitrogen and oxygen atoms in total. The third kappa shape index (κ3) is 3.16. The molecule has 1 aliphatic carbocycles. The Labute approximate surface area is 150 Å². The highest BCUT2D eigenvalue weighted by molar-refractivity contribution is 5.99. The number of H-pyrrole nitrogens is 1. The van der Waals surface area contributed by atoms with E-state index in [0.29, 0.717) is 18.2 Å². The summed E-state index contributed by atoms with van der Waals surface area (Å²) in [4.78, 5) is 40.7. The van der Waals surface area contributed by atoms with Gasteiger partial charge in [0.25, 0.3) is 5.91 Å². The van der Waals surface area contributed by atoms with E-state index in [1.165, 1.54) is 0 Å². The van der Waals surface area contributed by atoms with Gasteiger partial charge in [-0.15, -0.1) is 0 Å². The number of hydrogen-bond donors (Lipinski definition) is 3. The topological polar surface area (TPSA) is 102 Å². The molecular formula is C19H21N3O4. The number of carboxylic acid groups (broad SMARTS) is 1. The minimum Gasteiger partial charge on any atom is -0.481 e. The number of aromatic nitrogens is 1. The number of para-hydroxylation sites is 1. The average molecular weight is 355 g/mol. The molecule has 2 atom stereocenters. The number of aliphatic carboxylic acids is 1. The van der Waals surface area contributed by atoms with E-state index >= 15 is 0 Å². The largest absolute Gasteiger partial charge is 0.481 e. The number of aromatic amines is 1. The van der Waals surface area contributed by atoms with Crippen LogP contribution in [-0.4, -0.2) is 52.4 Å². The van der Waals surface area contributed by atoms with Crippen LogP contribution in [0.1, 0.15) is 23.3 Å². The van der Waals surface area contributed by atoms with E-state index in [4.69, 9.17) is 0 Å². The van der Waals surface area contributed by atoms with Crippen LogP contribution >= 0.6 is 0 Å². The molecule has 1 aromatic carbocycles. The van der Waals surface area contributed by atoms with Crippen molar-refractivity contribution in [2.75, 3.05) is 19.6 Å². The van der Waals surface area contributed by atoms with Crippen LogP contribution in [-0.2, 0) is 9.59 Å². The number of fused-ring (bicyclic) bond motifs is 1. The SMILES string of the molecule is O=C(NCC(=O)N1C[C@H](C(=O)O)[C@@H](C2CC2)C1)c1cc2ccccc2[nH]1. The molecule has 0 spiro atoms. The molecule has 136 valence electrons. The first-order valence-electron chi connectivity index (χ1n) is 8.89. The van der Waals surface area contributed by atoms with Gasteiger partial charge in [-0.05, 0) is 36.8 Å². The number of nitrogens with zero attached hydrogens (tertiary/aromatic N) is 1. The lowest BCUT2D eigenvalue weighted by Crippen LogP contribution is -2.39. The lowest BCUT2D eigenvalue weighted by atomic mass is 9.92. The van der Waals surface area contributed by atoms with E-state index in [1.54, 1.807) is 11.0 Å². The lowest BCUT2D eigenvalue weighted by molar-refractivity contribution is -0.142. The quantitative estimate of drug-likeness (QED) is 0.756. The Morgan fingerprint density at radius 2 is 1.96 bits per heavy atom. The first-order chi connectivity index (χ1) is 12.5. The maximum atomic E-state index is 12.4. The van der Waals surface area contributed by atoms with E-state index in [9.17, 15) is 19.5 Å². The summed E-state index contributed by atoms with van der Waals surface area (Å²) in [5.74, 6) is -1.43. The maximum Gasteiger partial charge on any atom is 0.308 e. The first kappa shape index (κ1) is 16.6. The van der Waals surface area contributed by atoms with Crippen LogP contribution in [0.25, 0.3) is 10.9 Å². The van der Waals surface area contributed by atoms with E-state index in [1.807, 2.05) is 24.3 Å². The van der Waals surface area contributed by atoms with Gasteiger partial charge >= 0.3 is 5.97 Å². The van der Waals surface area contributed by atoms with Crippen molar-refractivity contribution in [3.8, 4) is 0 Å². The summed E-state index contributed by atoms with van der Waals surface area (Å²) in [5.41, 5.74) is 1.26. The fraction of sp³-hybridized carbons (Fsp3) is 0.421. The van der Waals surface area contributed by atoms with Crippen LogP contribution in [0.15, 0.2) is 30.3 Å². The second-order valence-electron chi connectivity index (χ2n) is 7.20. The number of carbonyl (C=O) groups is 3. The van der Waals surface area contributed by atoms with E-state index in [0.717, 1.165) is 23.7 Å². The van der Waals surface area contributed by atoms with Crippen LogP contribution in [0.4, 0.5) is 0 Å². The van der Waals surface area contributed by atoms with Crippen molar-refractivity contribution in [1.29, 1.82) is 0 Å². The van der Waals surface area contributed by atoms with Crippen LogP contribution in [0, 0.1) is 17.8 Å². The number of carboxylic acids is 1. The van der Waals surface area contributed by atoms with Gasteiger partial charge in [0, 0.05) is 24.0 Å². The average Bonchev–Trinajstić information content (AvgIpc) is 3.22. The highest BCUT2D eigenvalue weighted by Crippen LogP contribution is 2.44. The van der Waals surface area contributed by atoms with E-state index < -0.39 is 11.9 Å². The first-order valence-corrected chi connectivity index (χ1v) is 8.89. The van der Waals surface area contributed by atoms with Gasteiger partial charge in [-0.25, -0.2) is 0 Å². The molecule has 3 N–H and O–H groups in total. The normalized spacial score (nSPS) is 22.5. The zero-order chi connectivity index (χ0) is 18.3. The smallest absolute Gasteiger partial charge is 0.308 e. The summed E-state index contributed by atoms with van der Waals surface area (Å²) in [6.45, 7) is 0.582. The number of benzene rings is 1. The number of likely N-dealkylation sites (tertiary alicyclic amines) is 1. The number of hydrogen-bond acceptors (Lipinski definition) is 3. The second-order valence-corrected chi connectivity index (χ2v) is 7.20. The van der Waals surface area contributed by atoms with Gasteiger partial charge in [-0.2, -0.15) is 0 Å². The van der Waals surface area contributed by atoms with E-state index in [2.05, 4.69) is 10.3 Å². The van der Waals surface area contributed by atoms with Crippen molar-refractivity contribution in [3.05, 3.63) is 36.0 Å². The molecular weight excluding hydrogens is 334 g/mol. The summed E-state index contributed by atoms with van der Waals surface area (Å²) in [5, 5.41) is 12.9. The van der Waals surface area contributed by atoms with Gasteiger partial charge in [0.2, 0.25) is 5.91 Å². The summed E-state index contributed by atoms with van der Waals surface area (Å²) in [7, 11) is 0. The van der Waals surface area contributed by atoms with Gasteiger partial charge in [0.15, 0.2) is 0 Å². The van der Waals surface area contributed by atoms with Crippen molar-refractivity contribution in [2.24, 2.45) is 17.8 Å². The summed E-state index contributed by atoms with van der Waals surface area (Å²) >= 11 is 0. The Morgan fingerprint density at radius 1 is 1.19 bits per heavy atom. The molecule has 1 saturated heterocycles. The van der Waals surface area contributed by atoms with Crippen molar-refractivity contribution in [2.45, 2.75) is 12.8 Å². The predicted molar refractivity (Wildman–Crippen MR) is 94.6 cm³/mol. The molecule has 0 bridgehead atoms. The molecule has 2 heterocycles. The Bertz CT molecular complexity index is 838.